The van der Waals surface area contributed by atoms with E-state index in [-0.39, 0.29) is 17.5 Å². The molecule has 1 aromatic carbocycles. The highest BCUT2D eigenvalue weighted by molar-refractivity contribution is 7.92. The van der Waals surface area contributed by atoms with Crippen LogP contribution in [0.3, 0.4) is 0 Å². The van der Waals surface area contributed by atoms with Crippen molar-refractivity contribution in [1.29, 1.82) is 0 Å². The van der Waals surface area contributed by atoms with Gasteiger partial charge in [0.15, 0.2) is 9.84 Å². The fraction of sp³-hybridized carbons (Fsp3) is 0.400. The van der Waals surface area contributed by atoms with Crippen LogP contribution >= 0.6 is 23.2 Å². The second-order valence-electron chi connectivity index (χ2n) is 3.93. The van der Waals surface area contributed by atoms with E-state index in [1.54, 1.807) is 6.07 Å². The Morgan fingerprint density at radius 3 is 2.25 bits per heavy atom. The van der Waals surface area contributed by atoms with Crippen LogP contribution in [-0.2, 0) is 16.4 Å². The highest BCUT2D eigenvalue weighted by Gasteiger charge is 2.32. The van der Waals surface area contributed by atoms with Gasteiger partial charge in [-0.15, -0.1) is 0 Å². The third-order valence-corrected chi connectivity index (χ3v) is 4.68. The Labute approximate surface area is 105 Å². The van der Waals surface area contributed by atoms with Gasteiger partial charge in [-0.3, -0.25) is 0 Å². The largest absolute Gasteiger partial charge is 0.308 e. The molecule has 1 aliphatic heterocycles. The molecule has 0 atom stereocenters. The molecule has 1 N–H and O–H groups in total. The first-order valence-electron chi connectivity index (χ1n) is 4.83. The lowest BCUT2D eigenvalue weighted by Crippen LogP contribution is -2.50. The number of rotatable bonds is 3. The molecular formula is C10H11Cl2NO2S. The first-order valence-corrected chi connectivity index (χ1v) is 7.41. The maximum Gasteiger partial charge on any atom is 0.153 e. The molecule has 88 valence electrons. The molecule has 1 heterocycles. The molecule has 6 heteroatoms. The minimum Gasteiger partial charge on any atom is -0.308 e. The molecule has 0 amide bonds. The summed E-state index contributed by atoms with van der Waals surface area (Å²) in [5.41, 5.74) is 0.960. The van der Waals surface area contributed by atoms with Crippen LogP contribution in [0.1, 0.15) is 5.56 Å². The first kappa shape index (κ1) is 12.2. The third kappa shape index (κ3) is 3.10. The maximum absolute atomic E-state index is 10.9. The molecule has 0 aliphatic carbocycles. The van der Waals surface area contributed by atoms with E-state index in [9.17, 15) is 8.42 Å². The van der Waals surface area contributed by atoms with E-state index in [0.29, 0.717) is 16.6 Å². The first-order chi connectivity index (χ1) is 7.44. The predicted octanol–water partition coefficient (Wildman–Crippen LogP) is 1.88. The quantitative estimate of drug-likeness (QED) is 0.919. The summed E-state index contributed by atoms with van der Waals surface area (Å²) in [6, 6.07) is 5.35. The Hall–Kier alpha value is -0.290. The minimum absolute atomic E-state index is 0.0581. The fourth-order valence-corrected chi connectivity index (χ4v) is 3.59. The lowest BCUT2D eigenvalue weighted by Gasteiger charge is -2.26. The van der Waals surface area contributed by atoms with Gasteiger partial charge in [0.25, 0.3) is 0 Å². The number of benzene rings is 1. The van der Waals surface area contributed by atoms with Gasteiger partial charge in [-0.1, -0.05) is 23.2 Å². The average Bonchev–Trinajstić information content (AvgIpc) is 2.09. The molecule has 0 bridgehead atoms. The topological polar surface area (TPSA) is 46.2 Å². The summed E-state index contributed by atoms with van der Waals surface area (Å²) in [6.07, 6.45) is 0. The lowest BCUT2D eigenvalue weighted by atomic mass is 10.2. The minimum atomic E-state index is -2.77. The standard InChI is InChI=1S/C10H11Cl2NO2S/c11-8-1-7(2-9(12)3-8)4-13-10-5-16(14,15)6-10/h1-3,10,13H,4-6H2. The summed E-state index contributed by atoms with van der Waals surface area (Å²) < 4.78 is 21.9. The number of nitrogens with one attached hydrogen (secondary N) is 1. The lowest BCUT2D eigenvalue weighted by molar-refractivity contribution is 0.511. The van der Waals surface area contributed by atoms with Gasteiger partial charge in [0.1, 0.15) is 0 Å². The van der Waals surface area contributed by atoms with Gasteiger partial charge in [-0.25, -0.2) is 8.42 Å². The SMILES string of the molecule is O=S1(=O)CC(NCc2cc(Cl)cc(Cl)c2)C1. The zero-order valence-corrected chi connectivity index (χ0v) is 10.7. The summed E-state index contributed by atoms with van der Waals surface area (Å²) in [5.74, 6) is 0.447. The van der Waals surface area contributed by atoms with Gasteiger partial charge in [0.05, 0.1) is 11.5 Å². The second-order valence-corrected chi connectivity index (χ2v) is 6.96. The number of halogens is 2. The van der Waals surface area contributed by atoms with Crippen molar-refractivity contribution in [2.45, 2.75) is 12.6 Å². The Bertz CT molecular complexity index is 469. The zero-order chi connectivity index (χ0) is 11.8. The molecule has 3 nitrogen and oxygen atoms in total. The van der Waals surface area contributed by atoms with Gasteiger partial charge in [0, 0.05) is 22.6 Å². The average molecular weight is 280 g/mol. The molecule has 1 aromatic rings. The molecule has 0 spiro atoms. The monoisotopic (exact) mass is 279 g/mol. The van der Waals surface area contributed by atoms with Gasteiger partial charge in [-0.2, -0.15) is 0 Å². The van der Waals surface area contributed by atoms with Gasteiger partial charge in [-0.05, 0) is 23.8 Å². The van der Waals surface area contributed by atoms with Crippen molar-refractivity contribution in [1.82, 2.24) is 5.32 Å². The van der Waals surface area contributed by atoms with Crippen LogP contribution < -0.4 is 5.32 Å². The molecule has 2 rings (SSSR count). The normalized spacial score (nSPS) is 19.4. The second kappa shape index (κ2) is 4.53. The third-order valence-electron chi connectivity index (χ3n) is 2.43. The molecule has 1 fully saturated rings. The molecule has 0 unspecified atom stereocenters. The Balaban J connectivity index is 1.91. The van der Waals surface area contributed by atoms with Crippen molar-refractivity contribution in [2.75, 3.05) is 11.5 Å². The summed E-state index contributed by atoms with van der Waals surface area (Å²) >= 11 is 11.7. The van der Waals surface area contributed by atoms with Crippen LogP contribution in [0.4, 0.5) is 0 Å². The van der Waals surface area contributed by atoms with Crippen LogP contribution in [0.2, 0.25) is 10.0 Å². The van der Waals surface area contributed by atoms with Crippen molar-refractivity contribution in [3.63, 3.8) is 0 Å². The van der Waals surface area contributed by atoms with Crippen molar-refractivity contribution < 1.29 is 8.42 Å². The molecule has 1 saturated heterocycles. The van der Waals surface area contributed by atoms with Crippen LogP contribution in [-0.4, -0.2) is 26.0 Å². The number of hydrogen-bond donors (Lipinski definition) is 1. The molecule has 16 heavy (non-hydrogen) atoms. The smallest absolute Gasteiger partial charge is 0.153 e. The molecule has 0 saturated carbocycles. The van der Waals surface area contributed by atoms with E-state index in [4.69, 9.17) is 23.2 Å². The fourth-order valence-electron chi connectivity index (χ4n) is 1.66. The summed E-state index contributed by atoms with van der Waals surface area (Å²) in [4.78, 5) is 0. The van der Waals surface area contributed by atoms with Crippen LogP contribution in [0.25, 0.3) is 0 Å². The molecule has 0 aromatic heterocycles. The molecular weight excluding hydrogens is 269 g/mol. The van der Waals surface area contributed by atoms with Gasteiger partial charge >= 0.3 is 0 Å². The van der Waals surface area contributed by atoms with Crippen LogP contribution in [0.5, 0.6) is 0 Å². The van der Waals surface area contributed by atoms with E-state index in [1.165, 1.54) is 0 Å². The van der Waals surface area contributed by atoms with E-state index >= 15 is 0 Å². The van der Waals surface area contributed by atoms with E-state index in [0.717, 1.165) is 5.56 Å². The number of sulfone groups is 1. The summed E-state index contributed by atoms with van der Waals surface area (Å²) in [6.45, 7) is 0.584. The Kier molecular flexibility index (Phi) is 3.45. The van der Waals surface area contributed by atoms with Crippen molar-refractivity contribution in [3.05, 3.63) is 33.8 Å². The van der Waals surface area contributed by atoms with E-state index in [1.807, 2.05) is 12.1 Å². The van der Waals surface area contributed by atoms with E-state index in [2.05, 4.69) is 5.32 Å². The predicted molar refractivity (Wildman–Crippen MR) is 65.7 cm³/mol. The van der Waals surface area contributed by atoms with Crippen LogP contribution in [0.15, 0.2) is 18.2 Å². The zero-order valence-electron chi connectivity index (χ0n) is 8.41. The number of hydrogen-bond acceptors (Lipinski definition) is 3. The Morgan fingerprint density at radius 1 is 1.19 bits per heavy atom. The summed E-state index contributed by atoms with van der Waals surface area (Å²) in [5, 5.41) is 4.33. The van der Waals surface area contributed by atoms with Gasteiger partial charge < -0.3 is 5.32 Å². The summed E-state index contributed by atoms with van der Waals surface area (Å²) in [7, 11) is -2.77. The van der Waals surface area contributed by atoms with Crippen molar-refractivity contribution in [2.24, 2.45) is 0 Å². The Morgan fingerprint density at radius 2 is 1.75 bits per heavy atom. The van der Waals surface area contributed by atoms with Crippen molar-refractivity contribution >= 4 is 33.0 Å². The van der Waals surface area contributed by atoms with Crippen LogP contribution in [0, 0.1) is 0 Å². The van der Waals surface area contributed by atoms with Crippen molar-refractivity contribution in [3.8, 4) is 0 Å². The highest BCUT2D eigenvalue weighted by Crippen LogP contribution is 2.19. The maximum atomic E-state index is 10.9. The molecule has 0 radical (unpaired) electrons. The van der Waals surface area contributed by atoms with E-state index < -0.39 is 9.84 Å². The highest BCUT2D eigenvalue weighted by atomic mass is 35.5. The molecule has 1 aliphatic rings. The van der Waals surface area contributed by atoms with Gasteiger partial charge in [0.2, 0.25) is 0 Å².